The lowest BCUT2D eigenvalue weighted by atomic mass is 10.1. The molecule has 1 unspecified atom stereocenters. The number of aromatic nitrogens is 2. The van der Waals surface area contributed by atoms with Crippen LogP contribution in [-0.4, -0.2) is 20.0 Å². The Kier molecular flexibility index (Phi) is 5.11. The lowest BCUT2D eigenvalue weighted by Crippen LogP contribution is -2.14. The van der Waals surface area contributed by atoms with Crippen LogP contribution in [-0.2, 0) is 6.54 Å². The van der Waals surface area contributed by atoms with E-state index in [1.165, 1.54) is 0 Å². The molecule has 1 rings (SSSR count). The number of hydrogen-bond acceptors (Lipinski definition) is 3. The van der Waals surface area contributed by atoms with Crippen LogP contribution in [0.25, 0.3) is 0 Å². The highest BCUT2D eigenvalue weighted by Crippen LogP contribution is 2.23. The third-order valence-corrected chi connectivity index (χ3v) is 3.79. The van der Waals surface area contributed by atoms with Gasteiger partial charge in [0.1, 0.15) is 11.4 Å². The average molecular weight is 304 g/mol. The fourth-order valence-electron chi connectivity index (χ4n) is 2.00. The molecule has 1 heterocycles. The molecule has 1 aromatic rings. The first-order valence-electron chi connectivity index (χ1n) is 5.75. The second-order valence-electron chi connectivity index (χ2n) is 4.27. The van der Waals surface area contributed by atoms with Crippen molar-refractivity contribution in [3.63, 3.8) is 0 Å². The van der Waals surface area contributed by atoms with Crippen LogP contribution in [0.5, 0.6) is 0 Å². The van der Waals surface area contributed by atoms with Crippen molar-refractivity contribution >= 4 is 21.6 Å². The topological polar surface area (TPSA) is 61.0 Å². The van der Waals surface area contributed by atoms with E-state index in [0.717, 1.165) is 24.7 Å². The van der Waals surface area contributed by atoms with Crippen molar-refractivity contribution < 1.29 is 4.92 Å². The second-order valence-corrected chi connectivity index (χ2v) is 4.92. The maximum atomic E-state index is 10.9. The SMILES string of the molecule is CCCC(CBr)Cn1nc(C)c([N+](=O)[O-])c1C. The van der Waals surface area contributed by atoms with E-state index in [-0.39, 0.29) is 10.6 Å². The molecule has 1 aromatic heterocycles. The summed E-state index contributed by atoms with van der Waals surface area (Å²) < 4.78 is 1.76. The van der Waals surface area contributed by atoms with Gasteiger partial charge in [-0.2, -0.15) is 5.10 Å². The lowest BCUT2D eigenvalue weighted by molar-refractivity contribution is -0.386. The average Bonchev–Trinajstić information content (AvgIpc) is 2.53. The summed E-state index contributed by atoms with van der Waals surface area (Å²) in [6, 6.07) is 0. The monoisotopic (exact) mass is 303 g/mol. The summed E-state index contributed by atoms with van der Waals surface area (Å²) in [5, 5.41) is 16.0. The van der Waals surface area contributed by atoms with Crippen LogP contribution in [0.15, 0.2) is 0 Å². The zero-order chi connectivity index (χ0) is 13.0. The number of aryl methyl sites for hydroxylation is 1. The van der Waals surface area contributed by atoms with Crippen LogP contribution in [0, 0.1) is 29.9 Å². The number of nitrogens with zero attached hydrogens (tertiary/aromatic N) is 3. The summed E-state index contributed by atoms with van der Waals surface area (Å²) in [7, 11) is 0. The van der Waals surface area contributed by atoms with Crippen LogP contribution < -0.4 is 0 Å². The van der Waals surface area contributed by atoms with Crippen LogP contribution >= 0.6 is 15.9 Å². The first-order valence-corrected chi connectivity index (χ1v) is 6.87. The molecule has 0 aromatic carbocycles. The van der Waals surface area contributed by atoms with E-state index in [9.17, 15) is 10.1 Å². The van der Waals surface area contributed by atoms with Gasteiger partial charge in [-0.3, -0.25) is 14.8 Å². The fourth-order valence-corrected chi connectivity index (χ4v) is 2.53. The lowest BCUT2D eigenvalue weighted by Gasteiger charge is -2.13. The third kappa shape index (κ3) is 3.28. The zero-order valence-corrected chi connectivity index (χ0v) is 12.0. The fraction of sp³-hybridized carbons (Fsp3) is 0.727. The van der Waals surface area contributed by atoms with Crippen molar-refractivity contribution in [1.29, 1.82) is 0 Å². The van der Waals surface area contributed by atoms with Gasteiger partial charge in [-0.15, -0.1) is 0 Å². The van der Waals surface area contributed by atoms with Crippen LogP contribution in [0.2, 0.25) is 0 Å². The van der Waals surface area contributed by atoms with Crippen molar-refractivity contribution in [2.75, 3.05) is 5.33 Å². The predicted molar refractivity (Wildman–Crippen MR) is 70.5 cm³/mol. The first-order chi connectivity index (χ1) is 8.01. The first kappa shape index (κ1) is 14.2. The number of hydrogen-bond donors (Lipinski definition) is 0. The van der Waals surface area contributed by atoms with E-state index in [4.69, 9.17) is 0 Å². The molecule has 17 heavy (non-hydrogen) atoms. The summed E-state index contributed by atoms with van der Waals surface area (Å²) >= 11 is 3.48. The van der Waals surface area contributed by atoms with Gasteiger partial charge < -0.3 is 0 Å². The van der Waals surface area contributed by atoms with Gasteiger partial charge in [0, 0.05) is 11.9 Å². The molecule has 0 radical (unpaired) electrons. The van der Waals surface area contributed by atoms with Crippen molar-refractivity contribution in [3.8, 4) is 0 Å². The Hall–Kier alpha value is -0.910. The van der Waals surface area contributed by atoms with E-state index in [2.05, 4.69) is 28.0 Å². The molecule has 6 heteroatoms. The highest BCUT2D eigenvalue weighted by atomic mass is 79.9. The summed E-state index contributed by atoms with van der Waals surface area (Å²) in [5.74, 6) is 0.470. The molecule has 1 atom stereocenters. The largest absolute Gasteiger partial charge is 0.312 e. The molecule has 0 saturated heterocycles. The molecule has 0 spiro atoms. The summed E-state index contributed by atoms with van der Waals surface area (Å²) in [5.41, 5.74) is 1.29. The molecule has 0 N–H and O–H groups in total. The maximum Gasteiger partial charge on any atom is 0.312 e. The van der Waals surface area contributed by atoms with Gasteiger partial charge in [0.05, 0.1) is 4.92 Å². The van der Waals surface area contributed by atoms with Gasteiger partial charge in [-0.25, -0.2) is 0 Å². The highest BCUT2D eigenvalue weighted by molar-refractivity contribution is 9.09. The predicted octanol–water partition coefficient (Wildman–Crippen LogP) is 3.22. The van der Waals surface area contributed by atoms with Gasteiger partial charge in [0.25, 0.3) is 0 Å². The van der Waals surface area contributed by atoms with Crippen molar-refractivity contribution in [2.45, 2.75) is 40.2 Å². The minimum absolute atomic E-state index is 0.148. The van der Waals surface area contributed by atoms with E-state index >= 15 is 0 Å². The Balaban J connectivity index is 2.92. The Bertz CT molecular complexity index is 404. The van der Waals surface area contributed by atoms with Crippen molar-refractivity contribution in [3.05, 3.63) is 21.5 Å². The Morgan fingerprint density at radius 2 is 2.18 bits per heavy atom. The van der Waals surface area contributed by atoms with Crippen molar-refractivity contribution in [1.82, 2.24) is 9.78 Å². The Morgan fingerprint density at radius 3 is 2.59 bits per heavy atom. The minimum atomic E-state index is -0.350. The van der Waals surface area contributed by atoms with Gasteiger partial charge in [0.2, 0.25) is 0 Å². The normalized spacial score (nSPS) is 12.7. The van der Waals surface area contributed by atoms with Crippen LogP contribution in [0.1, 0.15) is 31.2 Å². The quantitative estimate of drug-likeness (QED) is 0.460. The van der Waals surface area contributed by atoms with Gasteiger partial charge in [-0.1, -0.05) is 29.3 Å². The zero-order valence-electron chi connectivity index (χ0n) is 10.4. The molecule has 0 aliphatic rings. The van der Waals surface area contributed by atoms with E-state index in [1.54, 1.807) is 18.5 Å². The van der Waals surface area contributed by atoms with Gasteiger partial charge in [0.15, 0.2) is 0 Å². The van der Waals surface area contributed by atoms with Crippen LogP contribution in [0.3, 0.4) is 0 Å². The highest BCUT2D eigenvalue weighted by Gasteiger charge is 2.22. The standard InChI is InChI=1S/C11H18BrN3O2/c1-4-5-10(6-12)7-14-9(3)11(15(16)17)8(2)13-14/h10H,4-7H2,1-3H3. The number of nitro groups is 1. The summed E-state index contributed by atoms with van der Waals surface area (Å²) in [6.07, 6.45) is 2.20. The van der Waals surface area contributed by atoms with E-state index in [0.29, 0.717) is 17.3 Å². The molecule has 0 fully saturated rings. The van der Waals surface area contributed by atoms with E-state index < -0.39 is 0 Å². The van der Waals surface area contributed by atoms with E-state index in [1.807, 2.05) is 0 Å². The molecule has 96 valence electrons. The molecule has 0 aliphatic heterocycles. The molecule has 5 nitrogen and oxygen atoms in total. The minimum Gasteiger partial charge on any atom is -0.262 e. The van der Waals surface area contributed by atoms with Crippen molar-refractivity contribution in [2.24, 2.45) is 5.92 Å². The van der Waals surface area contributed by atoms with Crippen LogP contribution in [0.4, 0.5) is 5.69 Å². The molecular weight excluding hydrogens is 286 g/mol. The summed E-state index contributed by atoms with van der Waals surface area (Å²) in [4.78, 5) is 10.5. The molecule has 0 bridgehead atoms. The molecule has 0 saturated carbocycles. The summed E-state index contributed by atoms with van der Waals surface area (Å²) in [6.45, 7) is 6.32. The molecular formula is C11H18BrN3O2. The number of rotatable bonds is 6. The third-order valence-electron chi connectivity index (χ3n) is 2.87. The second kappa shape index (κ2) is 6.14. The number of alkyl halides is 1. The molecule has 0 amide bonds. The Labute approximate surface area is 109 Å². The van der Waals surface area contributed by atoms with Gasteiger partial charge >= 0.3 is 5.69 Å². The Morgan fingerprint density at radius 1 is 1.53 bits per heavy atom. The molecule has 0 aliphatic carbocycles. The van der Waals surface area contributed by atoms with Gasteiger partial charge in [-0.05, 0) is 26.2 Å². The number of halogens is 1. The smallest absolute Gasteiger partial charge is 0.262 e. The maximum absolute atomic E-state index is 10.9.